The van der Waals surface area contributed by atoms with Gasteiger partial charge in [-0.1, -0.05) is 12.1 Å². The molecular formula is C29H36N6O9. The molecule has 1 aromatic heterocycles. The van der Waals surface area contributed by atoms with Crippen LogP contribution in [0.15, 0.2) is 30.3 Å². The highest BCUT2D eigenvalue weighted by atomic mass is 16.6. The van der Waals surface area contributed by atoms with Crippen LogP contribution in [0.25, 0.3) is 10.9 Å². The van der Waals surface area contributed by atoms with Gasteiger partial charge in [-0.3, -0.25) is 24.0 Å². The number of piperazine rings is 1. The predicted octanol–water partition coefficient (Wildman–Crippen LogP) is 0.354. The van der Waals surface area contributed by atoms with E-state index < -0.39 is 54.4 Å². The zero-order valence-electron chi connectivity index (χ0n) is 24.4. The summed E-state index contributed by atoms with van der Waals surface area (Å²) in [5, 5.41) is 12.4. The second-order valence-electron chi connectivity index (χ2n) is 10.4. The van der Waals surface area contributed by atoms with Crippen LogP contribution in [0.2, 0.25) is 0 Å². The molecule has 3 heterocycles. The summed E-state index contributed by atoms with van der Waals surface area (Å²) in [4.78, 5) is 83.5. The summed E-state index contributed by atoms with van der Waals surface area (Å²) < 4.78 is 10.8. The third kappa shape index (κ3) is 7.71. The van der Waals surface area contributed by atoms with Crippen molar-refractivity contribution in [2.45, 2.75) is 44.7 Å². The SMILES string of the molecule is CCOC(=O)N1CCN(C(=O)C(CCC(=O)O)NC(=O)c2cc(OCC(=O)N3CCCC3C(N)=O)c3ccccc3n2)CC1. The molecule has 2 saturated heterocycles. The standard InChI is InChI=1S/C29H36N6O9/c1-2-43-29(42)34-14-12-33(13-15-34)28(41)20(9-10-25(37)38)32-27(40)21-16-23(18-6-3-4-7-19(18)31-21)44-17-24(36)35-11-5-8-22(35)26(30)39/h3-4,6-7,16,20,22H,2,5,8-15,17H2,1H3,(H2,30,39)(H,32,40)(H,37,38). The van der Waals surface area contributed by atoms with Crippen LogP contribution in [-0.2, 0) is 23.9 Å². The Labute approximate surface area is 253 Å². The second-order valence-corrected chi connectivity index (χ2v) is 10.4. The number of amides is 5. The average Bonchev–Trinajstić information content (AvgIpc) is 3.52. The number of ether oxygens (including phenoxy) is 2. The summed E-state index contributed by atoms with van der Waals surface area (Å²) in [5.74, 6) is -3.19. The van der Waals surface area contributed by atoms with Gasteiger partial charge in [-0.25, -0.2) is 9.78 Å². The molecule has 236 valence electrons. The lowest BCUT2D eigenvalue weighted by molar-refractivity contribution is -0.139. The van der Waals surface area contributed by atoms with E-state index in [0.717, 1.165) is 0 Å². The molecule has 15 nitrogen and oxygen atoms in total. The topological polar surface area (TPSA) is 202 Å². The van der Waals surface area contributed by atoms with E-state index >= 15 is 0 Å². The molecular weight excluding hydrogens is 576 g/mol. The number of carbonyl (C=O) groups excluding carboxylic acids is 5. The summed E-state index contributed by atoms with van der Waals surface area (Å²) >= 11 is 0. The van der Waals surface area contributed by atoms with Gasteiger partial charge in [0.1, 0.15) is 23.5 Å². The number of hydrogen-bond acceptors (Lipinski definition) is 9. The highest BCUT2D eigenvalue weighted by Gasteiger charge is 2.33. The van der Waals surface area contributed by atoms with Gasteiger partial charge >= 0.3 is 12.1 Å². The second kappa shape index (κ2) is 14.5. The number of nitrogens with one attached hydrogen (secondary N) is 1. The molecule has 4 N–H and O–H groups in total. The number of hydrogen-bond donors (Lipinski definition) is 3. The van der Waals surface area contributed by atoms with Crippen molar-refractivity contribution in [2.75, 3.05) is 45.9 Å². The summed E-state index contributed by atoms with van der Waals surface area (Å²) in [6.45, 7) is 2.72. The van der Waals surface area contributed by atoms with Crippen LogP contribution in [0, 0.1) is 0 Å². The van der Waals surface area contributed by atoms with Crippen molar-refractivity contribution in [1.82, 2.24) is 25.0 Å². The molecule has 2 aliphatic heterocycles. The molecule has 0 bridgehead atoms. The Morgan fingerprint density at radius 1 is 1.07 bits per heavy atom. The first-order chi connectivity index (χ1) is 21.1. The van der Waals surface area contributed by atoms with E-state index in [2.05, 4.69) is 10.3 Å². The third-order valence-electron chi connectivity index (χ3n) is 7.53. The molecule has 5 amide bonds. The van der Waals surface area contributed by atoms with E-state index in [4.69, 9.17) is 15.2 Å². The molecule has 2 fully saturated rings. The van der Waals surface area contributed by atoms with Crippen LogP contribution < -0.4 is 15.8 Å². The van der Waals surface area contributed by atoms with Gasteiger partial charge in [-0.05, 0) is 38.3 Å². The third-order valence-corrected chi connectivity index (χ3v) is 7.53. The number of carboxylic acid groups (broad SMARTS) is 1. The van der Waals surface area contributed by atoms with E-state index in [0.29, 0.717) is 30.3 Å². The van der Waals surface area contributed by atoms with Gasteiger partial charge in [-0.2, -0.15) is 0 Å². The number of likely N-dealkylation sites (tertiary alicyclic amines) is 1. The molecule has 0 saturated carbocycles. The minimum atomic E-state index is -1.17. The van der Waals surface area contributed by atoms with Gasteiger partial charge in [0.25, 0.3) is 11.8 Å². The highest BCUT2D eigenvalue weighted by Crippen LogP contribution is 2.26. The molecule has 2 unspecified atom stereocenters. The van der Waals surface area contributed by atoms with Crippen LogP contribution in [0.4, 0.5) is 4.79 Å². The minimum absolute atomic E-state index is 0.109. The van der Waals surface area contributed by atoms with Crippen molar-refractivity contribution in [1.29, 1.82) is 0 Å². The number of carbonyl (C=O) groups is 6. The van der Waals surface area contributed by atoms with Gasteiger partial charge < -0.3 is 40.3 Å². The van der Waals surface area contributed by atoms with Crippen molar-refractivity contribution in [3.63, 3.8) is 0 Å². The normalized spacial score (nSPS) is 17.2. The Hall–Kier alpha value is -4.95. The number of carboxylic acids is 1. The smallest absolute Gasteiger partial charge is 0.409 e. The van der Waals surface area contributed by atoms with Crippen LogP contribution in [0.3, 0.4) is 0 Å². The van der Waals surface area contributed by atoms with Crippen LogP contribution in [0.1, 0.15) is 43.1 Å². The quantitative estimate of drug-likeness (QED) is 0.318. The average molecular weight is 613 g/mol. The van der Waals surface area contributed by atoms with Crippen LogP contribution in [-0.4, -0.2) is 119 Å². The number of para-hydroxylation sites is 1. The minimum Gasteiger partial charge on any atom is -0.483 e. The van der Waals surface area contributed by atoms with Gasteiger partial charge in [0.05, 0.1) is 12.1 Å². The summed E-state index contributed by atoms with van der Waals surface area (Å²) in [6, 6.07) is 6.29. The molecule has 4 rings (SSSR count). The fourth-order valence-electron chi connectivity index (χ4n) is 5.26. The lowest BCUT2D eigenvalue weighted by atomic mass is 10.1. The first-order valence-electron chi connectivity index (χ1n) is 14.4. The molecule has 0 spiro atoms. The maximum Gasteiger partial charge on any atom is 0.409 e. The molecule has 2 aliphatic rings. The van der Waals surface area contributed by atoms with Crippen molar-refractivity contribution in [3.05, 3.63) is 36.0 Å². The molecule has 0 radical (unpaired) electrons. The van der Waals surface area contributed by atoms with Crippen molar-refractivity contribution in [3.8, 4) is 5.75 Å². The van der Waals surface area contributed by atoms with Gasteiger partial charge in [-0.15, -0.1) is 0 Å². The highest BCUT2D eigenvalue weighted by molar-refractivity contribution is 5.99. The monoisotopic (exact) mass is 612 g/mol. The van der Waals surface area contributed by atoms with Gasteiger partial charge in [0.15, 0.2) is 6.61 Å². The number of aromatic nitrogens is 1. The summed E-state index contributed by atoms with van der Waals surface area (Å²) in [6.07, 6.45) is 0.104. The Morgan fingerprint density at radius 2 is 1.77 bits per heavy atom. The van der Waals surface area contributed by atoms with E-state index in [-0.39, 0.29) is 57.1 Å². The number of fused-ring (bicyclic) bond motifs is 1. The fourth-order valence-corrected chi connectivity index (χ4v) is 5.26. The van der Waals surface area contributed by atoms with E-state index in [1.807, 2.05) is 0 Å². The molecule has 1 aromatic carbocycles. The number of pyridine rings is 1. The summed E-state index contributed by atoms with van der Waals surface area (Å²) in [5.41, 5.74) is 5.71. The van der Waals surface area contributed by atoms with Crippen molar-refractivity contribution >= 4 is 46.6 Å². The number of aliphatic carboxylic acids is 1. The molecule has 44 heavy (non-hydrogen) atoms. The van der Waals surface area contributed by atoms with Crippen molar-refractivity contribution < 1.29 is 43.3 Å². The van der Waals surface area contributed by atoms with Gasteiger partial charge in [0.2, 0.25) is 11.8 Å². The summed E-state index contributed by atoms with van der Waals surface area (Å²) in [7, 11) is 0. The van der Waals surface area contributed by atoms with Crippen molar-refractivity contribution in [2.24, 2.45) is 5.73 Å². The lowest BCUT2D eigenvalue weighted by Crippen LogP contribution is -2.56. The first-order valence-corrected chi connectivity index (χ1v) is 14.4. The van der Waals surface area contributed by atoms with E-state index in [1.165, 1.54) is 20.8 Å². The molecule has 2 atom stereocenters. The Morgan fingerprint density at radius 3 is 2.45 bits per heavy atom. The van der Waals surface area contributed by atoms with E-state index in [1.54, 1.807) is 31.2 Å². The predicted molar refractivity (Wildman–Crippen MR) is 154 cm³/mol. The Bertz CT molecular complexity index is 1430. The molecule has 15 heteroatoms. The first kappa shape index (κ1) is 32.0. The number of nitrogens with two attached hydrogens (primary N) is 1. The fraction of sp³-hybridized carbons (Fsp3) is 0.483. The Balaban J connectivity index is 1.49. The zero-order valence-corrected chi connectivity index (χ0v) is 24.4. The zero-order chi connectivity index (χ0) is 31.8. The van der Waals surface area contributed by atoms with Crippen LogP contribution in [0.5, 0.6) is 5.75 Å². The number of benzene rings is 1. The number of nitrogens with zero attached hydrogens (tertiary/aromatic N) is 4. The maximum absolute atomic E-state index is 13.4. The van der Waals surface area contributed by atoms with Crippen LogP contribution >= 0.6 is 0 Å². The van der Waals surface area contributed by atoms with E-state index in [9.17, 15) is 33.9 Å². The number of rotatable bonds is 11. The molecule has 2 aromatic rings. The Kier molecular flexibility index (Phi) is 10.5. The van der Waals surface area contributed by atoms with Gasteiger partial charge in [0, 0.05) is 50.6 Å². The lowest BCUT2D eigenvalue weighted by Gasteiger charge is -2.35. The maximum atomic E-state index is 13.4. The number of primary amides is 1. The largest absolute Gasteiger partial charge is 0.483 e. The molecule has 0 aliphatic carbocycles.